The lowest BCUT2D eigenvalue weighted by molar-refractivity contribution is 0.0522. The van der Waals surface area contributed by atoms with Gasteiger partial charge in [0.05, 0.1) is 13.2 Å². The quantitative estimate of drug-likeness (QED) is 0.853. The van der Waals surface area contributed by atoms with E-state index in [1.165, 1.54) is 11.3 Å². The Labute approximate surface area is 123 Å². The van der Waals surface area contributed by atoms with Gasteiger partial charge in [0.25, 0.3) is 5.91 Å². The summed E-state index contributed by atoms with van der Waals surface area (Å²) in [5.41, 5.74) is -0.476. The fraction of sp³-hybridized carbons (Fsp3) is 0.571. The van der Waals surface area contributed by atoms with Crippen LogP contribution in [0.15, 0.2) is 11.4 Å². The van der Waals surface area contributed by atoms with Crippen LogP contribution in [-0.4, -0.2) is 54.5 Å². The maximum absolute atomic E-state index is 12.4. The molecule has 20 heavy (non-hydrogen) atoms. The minimum atomic E-state index is -0.476. The summed E-state index contributed by atoms with van der Waals surface area (Å²) in [4.78, 5) is 17.0. The molecule has 6 heteroatoms. The molecule has 1 saturated heterocycles. The highest BCUT2D eigenvalue weighted by atomic mass is 32.1. The predicted molar refractivity (Wildman–Crippen MR) is 78.0 cm³/mol. The average Bonchev–Trinajstić information content (AvgIpc) is 2.95. The average molecular weight is 293 g/mol. The second-order valence-corrected chi connectivity index (χ2v) is 6.18. The summed E-state index contributed by atoms with van der Waals surface area (Å²) in [7, 11) is 1.58. The maximum Gasteiger partial charge on any atom is 0.267 e. The largest absolute Gasteiger partial charge is 0.495 e. The number of thiophene rings is 1. The van der Waals surface area contributed by atoms with Crippen molar-refractivity contribution in [2.45, 2.75) is 19.4 Å². The van der Waals surface area contributed by atoms with Gasteiger partial charge in [-0.2, -0.15) is 5.26 Å². The number of ether oxygens (including phenoxy) is 1. The van der Waals surface area contributed by atoms with E-state index >= 15 is 0 Å². The number of nitrogens with zero attached hydrogens (tertiary/aromatic N) is 3. The third kappa shape index (κ3) is 2.79. The van der Waals surface area contributed by atoms with E-state index in [2.05, 4.69) is 11.0 Å². The van der Waals surface area contributed by atoms with Gasteiger partial charge >= 0.3 is 0 Å². The van der Waals surface area contributed by atoms with Gasteiger partial charge in [0, 0.05) is 26.2 Å². The first-order valence-electron chi connectivity index (χ1n) is 6.56. The van der Waals surface area contributed by atoms with E-state index in [9.17, 15) is 4.79 Å². The number of methoxy groups -OCH3 is 1. The Balaban J connectivity index is 2.01. The molecule has 1 aliphatic rings. The van der Waals surface area contributed by atoms with Gasteiger partial charge in [-0.15, -0.1) is 11.3 Å². The molecule has 0 atom stereocenters. The molecule has 0 bridgehead atoms. The smallest absolute Gasteiger partial charge is 0.267 e. The topological polar surface area (TPSA) is 56.6 Å². The number of carbonyl (C=O) groups excluding carboxylic acids is 1. The third-order valence-corrected chi connectivity index (χ3v) is 4.56. The highest BCUT2D eigenvalue weighted by molar-refractivity contribution is 7.12. The molecule has 0 aliphatic carbocycles. The summed E-state index contributed by atoms with van der Waals surface area (Å²) in [6.45, 7) is 6.55. The second-order valence-electron chi connectivity index (χ2n) is 5.27. The normalized spacial score (nSPS) is 16.8. The van der Waals surface area contributed by atoms with E-state index in [1.54, 1.807) is 7.11 Å². The van der Waals surface area contributed by atoms with Crippen LogP contribution >= 0.6 is 11.3 Å². The van der Waals surface area contributed by atoms with Crippen LogP contribution in [0.4, 0.5) is 0 Å². The zero-order valence-corrected chi connectivity index (χ0v) is 12.9. The third-order valence-electron chi connectivity index (χ3n) is 3.67. The van der Waals surface area contributed by atoms with Gasteiger partial charge in [0.2, 0.25) is 0 Å². The number of rotatable bonds is 3. The van der Waals surface area contributed by atoms with Crippen molar-refractivity contribution in [3.05, 3.63) is 16.3 Å². The van der Waals surface area contributed by atoms with Crippen LogP contribution < -0.4 is 4.74 Å². The van der Waals surface area contributed by atoms with Gasteiger partial charge in [-0.1, -0.05) is 0 Å². The molecule has 0 saturated carbocycles. The van der Waals surface area contributed by atoms with Crippen LogP contribution in [0.1, 0.15) is 23.5 Å². The van der Waals surface area contributed by atoms with Gasteiger partial charge in [-0.05, 0) is 25.3 Å². The van der Waals surface area contributed by atoms with Crippen LogP contribution in [0.2, 0.25) is 0 Å². The van der Waals surface area contributed by atoms with E-state index in [0.29, 0.717) is 23.7 Å². The van der Waals surface area contributed by atoms with Gasteiger partial charge in [-0.25, -0.2) is 0 Å². The summed E-state index contributed by atoms with van der Waals surface area (Å²) in [6.07, 6.45) is 0. The van der Waals surface area contributed by atoms with Crippen LogP contribution in [0.25, 0.3) is 0 Å². The fourth-order valence-electron chi connectivity index (χ4n) is 2.30. The molecule has 0 radical (unpaired) electrons. The van der Waals surface area contributed by atoms with Gasteiger partial charge in [0.1, 0.15) is 16.2 Å². The number of carbonyl (C=O) groups is 1. The summed E-state index contributed by atoms with van der Waals surface area (Å²) < 4.78 is 5.20. The van der Waals surface area contributed by atoms with Crippen LogP contribution in [0, 0.1) is 11.3 Å². The molecule has 1 aliphatic heterocycles. The second kappa shape index (κ2) is 5.81. The molecule has 0 spiro atoms. The van der Waals surface area contributed by atoms with Gasteiger partial charge in [0.15, 0.2) is 0 Å². The summed E-state index contributed by atoms with van der Waals surface area (Å²) in [5.74, 6) is 0.658. The van der Waals surface area contributed by atoms with E-state index in [4.69, 9.17) is 10.00 Å². The fourth-order valence-corrected chi connectivity index (χ4v) is 3.12. The molecule has 0 N–H and O–H groups in total. The number of hydrogen-bond donors (Lipinski definition) is 0. The first-order chi connectivity index (χ1) is 9.49. The Morgan fingerprint density at radius 1 is 1.40 bits per heavy atom. The molecular weight excluding hydrogens is 274 g/mol. The van der Waals surface area contributed by atoms with E-state index < -0.39 is 5.54 Å². The summed E-state index contributed by atoms with van der Waals surface area (Å²) in [6, 6.07) is 4.12. The molecular formula is C14H19N3O2S. The van der Waals surface area contributed by atoms with Crippen LogP contribution in [0.5, 0.6) is 5.75 Å². The highest BCUT2D eigenvalue weighted by Crippen LogP contribution is 2.27. The van der Waals surface area contributed by atoms with Crippen molar-refractivity contribution < 1.29 is 9.53 Å². The van der Waals surface area contributed by atoms with E-state index in [-0.39, 0.29) is 5.91 Å². The number of hydrogen-bond acceptors (Lipinski definition) is 5. The standard InChI is InChI=1S/C14H19N3O2S/c1-14(2,10-15)17-7-5-16(6-8-17)13(18)12-11(19-3)4-9-20-12/h4,9H,5-8H2,1-3H3. The zero-order valence-electron chi connectivity index (χ0n) is 12.0. The molecule has 2 rings (SSSR count). The SMILES string of the molecule is COc1ccsc1C(=O)N1CCN(C(C)(C)C#N)CC1. The molecule has 1 fully saturated rings. The maximum atomic E-state index is 12.4. The Hall–Kier alpha value is -1.58. The monoisotopic (exact) mass is 293 g/mol. The lowest BCUT2D eigenvalue weighted by Gasteiger charge is -2.40. The van der Waals surface area contributed by atoms with Crippen molar-refractivity contribution in [2.75, 3.05) is 33.3 Å². The Morgan fingerprint density at radius 2 is 2.05 bits per heavy atom. The van der Waals surface area contributed by atoms with Crippen molar-refractivity contribution >= 4 is 17.2 Å². The Kier molecular flexibility index (Phi) is 4.31. The van der Waals surface area contributed by atoms with E-state index in [0.717, 1.165) is 13.1 Å². The van der Waals surface area contributed by atoms with E-state index in [1.807, 2.05) is 30.2 Å². The van der Waals surface area contributed by atoms with Crippen molar-refractivity contribution in [3.8, 4) is 11.8 Å². The summed E-state index contributed by atoms with van der Waals surface area (Å²) >= 11 is 1.40. The summed E-state index contributed by atoms with van der Waals surface area (Å²) in [5, 5.41) is 11.0. The van der Waals surface area contributed by atoms with Gasteiger partial charge in [-0.3, -0.25) is 9.69 Å². The Morgan fingerprint density at radius 3 is 2.60 bits per heavy atom. The molecule has 1 aromatic rings. The predicted octanol–water partition coefficient (Wildman–Crippen LogP) is 1.82. The van der Waals surface area contributed by atoms with Crippen molar-refractivity contribution in [2.24, 2.45) is 0 Å². The minimum absolute atomic E-state index is 0.0197. The number of piperazine rings is 1. The molecule has 0 unspecified atom stereocenters. The molecule has 1 amide bonds. The van der Waals surface area contributed by atoms with Crippen LogP contribution in [0.3, 0.4) is 0 Å². The van der Waals surface area contributed by atoms with Crippen molar-refractivity contribution in [1.29, 1.82) is 5.26 Å². The first-order valence-corrected chi connectivity index (χ1v) is 7.44. The molecule has 0 aromatic carbocycles. The number of amides is 1. The Bertz CT molecular complexity index is 525. The minimum Gasteiger partial charge on any atom is -0.495 e. The lowest BCUT2D eigenvalue weighted by atomic mass is 10.0. The molecule has 1 aromatic heterocycles. The molecule has 2 heterocycles. The molecule has 108 valence electrons. The van der Waals surface area contributed by atoms with Crippen LogP contribution in [-0.2, 0) is 0 Å². The highest BCUT2D eigenvalue weighted by Gasteiger charge is 2.32. The number of nitriles is 1. The van der Waals surface area contributed by atoms with Gasteiger partial charge < -0.3 is 9.64 Å². The van der Waals surface area contributed by atoms with Crippen molar-refractivity contribution in [3.63, 3.8) is 0 Å². The van der Waals surface area contributed by atoms with Crippen molar-refractivity contribution in [1.82, 2.24) is 9.80 Å². The lowest BCUT2D eigenvalue weighted by Crippen LogP contribution is -2.55. The first kappa shape index (κ1) is 14.8. The zero-order chi connectivity index (χ0) is 14.8. The molecule has 5 nitrogen and oxygen atoms in total.